The number of carbonyl (C=O) groups excluding carboxylic acids is 1. The summed E-state index contributed by atoms with van der Waals surface area (Å²) in [6.07, 6.45) is 0.875. The van der Waals surface area contributed by atoms with Crippen molar-refractivity contribution in [1.29, 1.82) is 0 Å². The van der Waals surface area contributed by atoms with Crippen LogP contribution >= 0.6 is 0 Å². The minimum absolute atomic E-state index is 0.0297. The van der Waals surface area contributed by atoms with E-state index in [9.17, 15) is 4.79 Å². The van der Waals surface area contributed by atoms with Crippen molar-refractivity contribution in [2.24, 2.45) is 0 Å². The van der Waals surface area contributed by atoms with Crippen molar-refractivity contribution in [3.05, 3.63) is 60.5 Å². The molecule has 1 amide bonds. The van der Waals surface area contributed by atoms with E-state index in [1.165, 1.54) is 0 Å². The zero-order chi connectivity index (χ0) is 21.9. The van der Waals surface area contributed by atoms with E-state index in [0.717, 1.165) is 56.1 Å². The summed E-state index contributed by atoms with van der Waals surface area (Å²) in [5.74, 6) is 2.06. The Balaban J connectivity index is 1.17. The SMILES string of the molecule is COc1ccccc1-c1noc(CN2CCN(C3CCN(c4ccccc4)C3=O)CC2)n1. The molecule has 5 rings (SSSR count). The van der Waals surface area contributed by atoms with Gasteiger partial charge in [0.2, 0.25) is 17.6 Å². The van der Waals surface area contributed by atoms with E-state index in [0.29, 0.717) is 18.3 Å². The van der Waals surface area contributed by atoms with Crippen LogP contribution in [0.5, 0.6) is 5.75 Å². The standard InChI is InChI=1S/C24H27N5O3/c1-31-21-10-6-5-9-19(21)23-25-22(32-26-23)17-27-13-15-28(16-14-27)20-11-12-29(24(20)30)18-7-3-2-4-8-18/h2-10,20H,11-17H2,1H3. The van der Waals surface area contributed by atoms with Gasteiger partial charge in [0.15, 0.2) is 0 Å². The van der Waals surface area contributed by atoms with Gasteiger partial charge in [-0.1, -0.05) is 35.5 Å². The lowest BCUT2D eigenvalue weighted by Gasteiger charge is -2.36. The average Bonchev–Trinajstić information content (AvgIpc) is 3.47. The molecule has 0 aliphatic carbocycles. The fourth-order valence-corrected chi connectivity index (χ4v) is 4.55. The fraction of sp³-hybridized carbons (Fsp3) is 0.375. The molecule has 1 unspecified atom stereocenters. The van der Waals surface area contributed by atoms with Gasteiger partial charge in [-0.15, -0.1) is 0 Å². The summed E-state index contributed by atoms with van der Waals surface area (Å²) in [5, 5.41) is 4.13. The molecule has 1 atom stereocenters. The van der Waals surface area contributed by atoms with Crippen LogP contribution in [0, 0.1) is 0 Å². The van der Waals surface area contributed by atoms with Gasteiger partial charge in [0.1, 0.15) is 5.75 Å². The third kappa shape index (κ3) is 4.11. The minimum atomic E-state index is -0.0297. The second kappa shape index (κ2) is 9.10. The van der Waals surface area contributed by atoms with Crippen LogP contribution in [-0.2, 0) is 11.3 Å². The highest BCUT2D eigenvalue weighted by Gasteiger charge is 2.37. The van der Waals surface area contributed by atoms with Gasteiger partial charge < -0.3 is 14.2 Å². The maximum Gasteiger partial charge on any atom is 0.244 e. The molecule has 8 heteroatoms. The molecule has 2 aliphatic heterocycles. The van der Waals surface area contributed by atoms with Crippen molar-refractivity contribution in [2.75, 3.05) is 44.7 Å². The minimum Gasteiger partial charge on any atom is -0.496 e. The van der Waals surface area contributed by atoms with E-state index in [4.69, 9.17) is 9.26 Å². The molecule has 0 saturated carbocycles. The average molecular weight is 434 g/mol. The molecule has 2 aliphatic rings. The number of carbonyl (C=O) groups is 1. The van der Waals surface area contributed by atoms with Crippen LogP contribution in [0.2, 0.25) is 0 Å². The molecule has 0 N–H and O–H groups in total. The van der Waals surface area contributed by atoms with Gasteiger partial charge in [0, 0.05) is 38.4 Å². The first-order valence-electron chi connectivity index (χ1n) is 11.0. The second-order valence-electron chi connectivity index (χ2n) is 8.15. The molecule has 3 aromatic rings. The molecule has 3 heterocycles. The highest BCUT2D eigenvalue weighted by Crippen LogP contribution is 2.28. The zero-order valence-electron chi connectivity index (χ0n) is 18.2. The molecule has 0 bridgehead atoms. The van der Waals surface area contributed by atoms with Crippen LogP contribution < -0.4 is 9.64 Å². The molecule has 2 aromatic carbocycles. The van der Waals surface area contributed by atoms with Crippen molar-refractivity contribution >= 4 is 11.6 Å². The summed E-state index contributed by atoms with van der Waals surface area (Å²) >= 11 is 0. The van der Waals surface area contributed by atoms with E-state index < -0.39 is 0 Å². The lowest BCUT2D eigenvalue weighted by atomic mass is 10.2. The Labute approximate surface area is 187 Å². The smallest absolute Gasteiger partial charge is 0.244 e. The molecule has 0 radical (unpaired) electrons. The van der Waals surface area contributed by atoms with Crippen LogP contribution in [-0.4, -0.2) is 71.7 Å². The number of hydrogen-bond acceptors (Lipinski definition) is 7. The maximum absolute atomic E-state index is 13.0. The zero-order valence-corrected chi connectivity index (χ0v) is 18.2. The van der Waals surface area contributed by atoms with Crippen molar-refractivity contribution in [2.45, 2.75) is 19.0 Å². The summed E-state index contributed by atoms with van der Waals surface area (Å²) in [6.45, 7) is 4.81. The van der Waals surface area contributed by atoms with Gasteiger partial charge in [-0.3, -0.25) is 14.6 Å². The quantitative estimate of drug-likeness (QED) is 0.592. The van der Waals surface area contributed by atoms with Crippen molar-refractivity contribution in [3.63, 3.8) is 0 Å². The number of anilines is 1. The molecule has 1 aromatic heterocycles. The van der Waals surface area contributed by atoms with Gasteiger partial charge in [0.05, 0.1) is 25.3 Å². The Morgan fingerprint density at radius 3 is 2.53 bits per heavy atom. The number of benzene rings is 2. The molecular formula is C24H27N5O3. The van der Waals surface area contributed by atoms with E-state index in [1.807, 2.05) is 59.5 Å². The molecule has 2 fully saturated rings. The Kier molecular flexibility index (Phi) is 5.87. The van der Waals surface area contributed by atoms with Gasteiger partial charge in [-0.25, -0.2) is 0 Å². The summed E-state index contributed by atoms with van der Waals surface area (Å²) in [6, 6.07) is 17.5. The van der Waals surface area contributed by atoms with Crippen molar-refractivity contribution in [3.8, 4) is 17.1 Å². The number of amides is 1. The number of nitrogens with zero attached hydrogens (tertiary/aromatic N) is 5. The van der Waals surface area contributed by atoms with Crippen LogP contribution in [0.25, 0.3) is 11.4 Å². The largest absolute Gasteiger partial charge is 0.496 e. The third-order valence-electron chi connectivity index (χ3n) is 6.27. The number of piperazine rings is 1. The monoisotopic (exact) mass is 433 g/mol. The van der Waals surface area contributed by atoms with E-state index in [1.54, 1.807) is 7.11 Å². The third-order valence-corrected chi connectivity index (χ3v) is 6.27. The Hall–Kier alpha value is -3.23. The number of para-hydroxylation sites is 2. The molecular weight excluding hydrogens is 406 g/mol. The Morgan fingerprint density at radius 1 is 1.00 bits per heavy atom. The van der Waals surface area contributed by atoms with E-state index in [2.05, 4.69) is 19.9 Å². The molecule has 0 spiro atoms. The first kappa shape index (κ1) is 20.7. The fourth-order valence-electron chi connectivity index (χ4n) is 4.55. The summed E-state index contributed by atoms with van der Waals surface area (Å²) in [7, 11) is 1.63. The molecule has 32 heavy (non-hydrogen) atoms. The van der Waals surface area contributed by atoms with Crippen LogP contribution in [0.1, 0.15) is 12.3 Å². The van der Waals surface area contributed by atoms with Crippen LogP contribution in [0.4, 0.5) is 5.69 Å². The van der Waals surface area contributed by atoms with Gasteiger partial charge in [-0.2, -0.15) is 4.98 Å². The normalized spacial score (nSPS) is 20.1. The number of hydrogen-bond donors (Lipinski definition) is 0. The highest BCUT2D eigenvalue weighted by atomic mass is 16.5. The number of rotatable bonds is 6. The Bertz CT molecular complexity index is 1060. The topological polar surface area (TPSA) is 74.9 Å². The predicted octanol–water partition coefficient (Wildman–Crippen LogP) is 2.67. The Morgan fingerprint density at radius 2 is 1.75 bits per heavy atom. The van der Waals surface area contributed by atoms with Gasteiger partial charge in [-0.05, 0) is 30.7 Å². The van der Waals surface area contributed by atoms with Crippen molar-refractivity contribution < 1.29 is 14.1 Å². The van der Waals surface area contributed by atoms with Crippen LogP contribution in [0.3, 0.4) is 0 Å². The number of aromatic nitrogens is 2. The number of ether oxygens (including phenoxy) is 1. The van der Waals surface area contributed by atoms with Gasteiger partial charge >= 0.3 is 0 Å². The molecule has 8 nitrogen and oxygen atoms in total. The molecule has 2 saturated heterocycles. The number of methoxy groups -OCH3 is 1. The maximum atomic E-state index is 13.0. The predicted molar refractivity (Wildman–Crippen MR) is 120 cm³/mol. The first-order valence-corrected chi connectivity index (χ1v) is 11.0. The van der Waals surface area contributed by atoms with Crippen molar-refractivity contribution in [1.82, 2.24) is 19.9 Å². The highest BCUT2D eigenvalue weighted by molar-refractivity contribution is 5.99. The molecule has 166 valence electrons. The van der Waals surface area contributed by atoms with E-state index in [-0.39, 0.29) is 11.9 Å². The van der Waals surface area contributed by atoms with E-state index >= 15 is 0 Å². The summed E-state index contributed by atoms with van der Waals surface area (Å²) in [4.78, 5) is 24.1. The lowest BCUT2D eigenvalue weighted by Crippen LogP contribution is -2.52. The first-order chi connectivity index (χ1) is 15.7. The van der Waals surface area contributed by atoms with Crippen LogP contribution in [0.15, 0.2) is 59.1 Å². The summed E-state index contributed by atoms with van der Waals surface area (Å²) in [5.41, 5.74) is 1.80. The summed E-state index contributed by atoms with van der Waals surface area (Å²) < 4.78 is 10.9. The van der Waals surface area contributed by atoms with Gasteiger partial charge in [0.25, 0.3) is 0 Å². The second-order valence-corrected chi connectivity index (χ2v) is 8.15. The lowest BCUT2D eigenvalue weighted by molar-refractivity contribution is -0.122.